The van der Waals surface area contributed by atoms with E-state index in [1.807, 2.05) is 6.07 Å². The van der Waals surface area contributed by atoms with Gasteiger partial charge >= 0.3 is 11.8 Å². The van der Waals surface area contributed by atoms with Gasteiger partial charge < -0.3 is 54.3 Å². The summed E-state index contributed by atoms with van der Waals surface area (Å²) in [4.78, 5) is 55.8. The first kappa shape index (κ1) is 47.2. The summed E-state index contributed by atoms with van der Waals surface area (Å²) in [5, 5.41) is 48.6. The summed E-state index contributed by atoms with van der Waals surface area (Å²) in [6, 6.07) is 10.2. The maximum atomic E-state index is 14.6. The van der Waals surface area contributed by atoms with Crippen LogP contribution in [-0.4, -0.2) is 94.5 Å². The minimum Gasteiger partial charge on any atom is -0.507 e. The van der Waals surface area contributed by atoms with E-state index < -0.39 is 95.5 Å². The van der Waals surface area contributed by atoms with Gasteiger partial charge in [-0.05, 0) is 39.0 Å². The number of fused-ring (bicyclic) bond motifs is 14. The highest BCUT2D eigenvalue weighted by Crippen LogP contribution is 2.54. The molecule has 0 unspecified atom stereocenters. The maximum Gasteiger partial charge on any atom is 0.312 e. The van der Waals surface area contributed by atoms with Crippen molar-refractivity contribution in [2.24, 2.45) is 23.7 Å². The average Bonchev–Trinajstić information content (AvgIpc) is 3.51. The number of nitrogens with one attached hydrogen (secondary N) is 1. The van der Waals surface area contributed by atoms with Crippen LogP contribution in [0.4, 0.5) is 11.4 Å². The van der Waals surface area contributed by atoms with E-state index in [0.717, 1.165) is 0 Å². The van der Waals surface area contributed by atoms with Crippen LogP contribution in [0.25, 0.3) is 10.8 Å². The lowest BCUT2D eigenvalue weighted by Crippen LogP contribution is -2.46. The number of aliphatic hydroxyl groups is 2. The van der Waals surface area contributed by atoms with Crippen LogP contribution in [0.5, 0.6) is 23.0 Å². The second-order valence-electron chi connectivity index (χ2n) is 16.2. The molecule has 3 aromatic carbocycles. The zero-order chi connectivity index (χ0) is 45.8. The molecule has 0 spiro atoms. The maximum absolute atomic E-state index is 14.6. The topological polar surface area (TPSA) is 211 Å². The number of nitrogens with zero attached hydrogens (tertiary/aromatic N) is 1. The lowest BCUT2D eigenvalue weighted by atomic mass is 9.78. The first-order chi connectivity index (χ1) is 29.3. The molecular formula is C47H58N2O13. The van der Waals surface area contributed by atoms with Gasteiger partial charge in [-0.3, -0.25) is 19.2 Å². The Bertz CT molecular complexity index is 2270. The Kier molecular flexibility index (Phi) is 14.8. The predicted octanol–water partition coefficient (Wildman–Crippen LogP) is 6.48. The molecule has 5 N–H and O–H groups in total. The number of para-hydroxylation sites is 1. The molecule has 9 atom stereocenters. The molecule has 5 bridgehead atoms. The van der Waals surface area contributed by atoms with Crippen molar-refractivity contribution in [3.8, 4) is 23.0 Å². The van der Waals surface area contributed by atoms with E-state index in [0.29, 0.717) is 12.2 Å². The SMILES string of the molecule is CCN(C(=O)COc1cc2c(O)c3c(O)c(C)c4c(c13)C(=O)[C@@](C)(O/C=C/[C@H](OC)[C@@H](C)[C@@H](OC(C)=O)[C@H](C)[C@@H](O)[C@H](C)[C@H](O)[C@H](C)/C=C/C=C(/C)C(=O)N2)O4)c1ccccc1. The number of hydrogen-bond acceptors (Lipinski definition) is 13. The molecule has 3 heterocycles. The van der Waals surface area contributed by atoms with E-state index in [1.54, 1.807) is 71.0 Å². The van der Waals surface area contributed by atoms with Crippen molar-refractivity contribution in [1.82, 2.24) is 0 Å². The first-order valence-corrected chi connectivity index (χ1v) is 20.6. The highest BCUT2D eigenvalue weighted by Gasteiger charge is 2.50. The smallest absolute Gasteiger partial charge is 0.312 e. The number of aromatic hydroxyl groups is 2. The number of methoxy groups -OCH3 is 1. The van der Waals surface area contributed by atoms with E-state index in [9.17, 15) is 39.6 Å². The zero-order valence-corrected chi connectivity index (χ0v) is 36.8. The number of Topliss-reactive ketones (excluding diaryl/α,β-unsaturated/α-hetero) is 1. The third-order valence-electron chi connectivity index (χ3n) is 11.9. The van der Waals surface area contributed by atoms with Crippen LogP contribution in [0, 0.1) is 30.6 Å². The number of hydrogen-bond donors (Lipinski definition) is 5. The Balaban J connectivity index is 1.67. The van der Waals surface area contributed by atoms with Gasteiger partial charge in [0, 0.05) is 79.5 Å². The number of phenols is 2. The van der Waals surface area contributed by atoms with Gasteiger partial charge in [-0.1, -0.05) is 64.1 Å². The Labute approximate surface area is 361 Å². The van der Waals surface area contributed by atoms with Crippen molar-refractivity contribution in [3.63, 3.8) is 0 Å². The van der Waals surface area contributed by atoms with Gasteiger partial charge in [0.2, 0.25) is 0 Å². The van der Waals surface area contributed by atoms with Crippen LogP contribution in [0.3, 0.4) is 0 Å². The van der Waals surface area contributed by atoms with Crippen molar-refractivity contribution < 1.29 is 63.3 Å². The number of likely N-dealkylation sites (N-methyl/N-ethyl adjacent to an activating group) is 1. The number of benzene rings is 3. The zero-order valence-electron chi connectivity index (χ0n) is 36.8. The summed E-state index contributed by atoms with van der Waals surface area (Å²) in [6.45, 7) is 14.1. The molecule has 3 aromatic rings. The van der Waals surface area contributed by atoms with Crippen LogP contribution in [0.2, 0.25) is 0 Å². The van der Waals surface area contributed by atoms with E-state index in [-0.39, 0.29) is 44.7 Å². The Morgan fingerprint density at radius 2 is 1.61 bits per heavy atom. The highest BCUT2D eigenvalue weighted by atomic mass is 16.7. The van der Waals surface area contributed by atoms with E-state index in [4.69, 9.17) is 23.7 Å². The fourth-order valence-corrected chi connectivity index (χ4v) is 8.08. The predicted molar refractivity (Wildman–Crippen MR) is 232 cm³/mol. The van der Waals surface area contributed by atoms with Gasteiger partial charge in [-0.15, -0.1) is 0 Å². The standard InChI is InChI=1S/C47H58N2O13/c1-11-49(31-18-13-12-14-19-31)35(51)23-59-34-22-32-42(55)37-36(34)38-44(29(7)41(37)54)62-47(9,45(38)56)60-21-20-33(58-10)26(4)43(61-30(8)50)28(6)40(53)27(5)39(52)24(2)16-15-17-25(3)46(57)48-32/h12-22,24,26-28,33,39-40,43,52-55H,11,23H2,1-10H3,(H,48,57)/b16-15+,21-20+,25-17-/t24-,26-,27-,28-,33+,39-,40+,43-,47+/m1/s1. The molecule has 0 fully saturated rings. The average molecular weight is 859 g/mol. The number of ether oxygens (including phenoxy) is 5. The largest absolute Gasteiger partial charge is 0.507 e. The summed E-state index contributed by atoms with van der Waals surface area (Å²) < 4.78 is 29.9. The van der Waals surface area contributed by atoms with Crippen molar-refractivity contribution in [3.05, 3.63) is 83.7 Å². The minimum atomic E-state index is -2.04. The molecule has 0 saturated heterocycles. The highest BCUT2D eigenvalue weighted by molar-refractivity contribution is 6.21. The fourth-order valence-electron chi connectivity index (χ4n) is 8.08. The van der Waals surface area contributed by atoms with Crippen molar-refractivity contribution in [1.29, 1.82) is 0 Å². The minimum absolute atomic E-state index is 0.0663. The van der Waals surface area contributed by atoms with Gasteiger partial charge in [0.25, 0.3) is 17.6 Å². The van der Waals surface area contributed by atoms with Crippen LogP contribution < -0.4 is 19.7 Å². The van der Waals surface area contributed by atoms with Crippen LogP contribution in [-0.2, 0) is 28.6 Å². The summed E-state index contributed by atoms with van der Waals surface area (Å²) in [6.07, 6.45) is 3.55. The molecular weight excluding hydrogens is 801 g/mol. The number of carbonyl (C=O) groups excluding carboxylic acids is 4. The van der Waals surface area contributed by atoms with Gasteiger partial charge in [0.05, 0.1) is 41.2 Å². The number of carbonyl (C=O) groups is 4. The van der Waals surface area contributed by atoms with Crippen molar-refractivity contribution in [2.45, 2.75) is 92.5 Å². The van der Waals surface area contributed by atoms with Gasteiger partial charge in [-0.25, -0.2) is 0 Å². The second-order valence-corrected chi connectivity index (χ2v) is 16.2. The molecule has 2 amide bonds. The van der Waals surface area contributed by atoms with E-state index in [1.165, 1.54) is 64.2 Å². The molecule has 15 heteroatoms. The normalized spacial score (nSPS) is 28.9. The van der Waals surface area contributed by atoms with E-state index in [2.05, 4.69) is 5.32 Å². The molecule has 15 nitrogen and oxygen atoms in total. The van der Waals surface area contributed by atoms with Crippen molar-refractivity contribution >= 4 is 45.7 Å². The number of aliphatic hydroxyl groups excluding tert-OH is 2. The summed E-state index contributed by atoms with van der Waals surface area (Å²) in [5.41, 5.74) is 0.561. The van der Waals surface area contributed by atoms with Crippen LogP contribution >= 0.6 is 0 Å². The Hall–Kier alpha value is -5.90. The third kappa shape index (κ3) is 9.44. The Morgan fingerprint density at radius 1 is 0.935 bits per heavy atom. The number of allylic oxidation sites excluding steroid dienone is 2. The summed E-state index contributed by atoms with van der Waals surface area (Å²) >= 11 is 0. The molecule has 0 aromatic heterocycles. The fraction of sp³-hybridized carbons (Fsp3) is 0.447. The van der Waals surface area contributed by atoms with Gasteiger partial charge in [0.1, 0.15) is 23.4 Å². The van der Waals surface area contributed by atoms with Crippen molar-refractivity contribution in [2.75, 3.05) is 30.5 Å². The number of anilines is 2. The van der Waals surface area contributed by atoms with E-state index >= 15 is 0 Å². The molecule has 3 aliphatic rings. The number of ketones is 1. The molecule has 62 heavy (non-hydrogen) atoms. The quantitative estimate of drug-likeness (QED) is 0.127. The monoisotopic (exact) mass is 858 g/mol. The van der Waals surface area contributed by atoms with Gasteiger partial charge in [0.15, 0.2) is 12.4 Å². The number of esters is 1. The molecule has 334 valence electrons. The summed E-state index contributed by atoms with van der Waals surface area (Å²) in [5.74, 6) is -8.24. The molecule has 6 rings (SSSR count). The first-order valence-electron chi connectivity index (χ1n) is 20.6. The molecule has 0 radical (unpaired) electrons. The molecule has 3 aliphatic heterocycles. The lowest BCUT2D eigenvalue weighted by Gasteiger charge is -2.38. The molecule has 0 aliphatic carbocycles. The second kappa shape index (κ2) is 19.4. The number of phenolic OH excluding ortho intramolecular Hbond substituents is 2. The Morgan fingerprint density at radius 3 is 2.24 bits per heavy atom. The van der Waals surface area contributed by atoms with Gasteiger partial charge in [-0.2, -0.15) is 0 Å². The van der Waals surface area contributed by atoms with Crippen LogP contribution in [0.1, 0.15) is 71.3 Å². The third-order valence-corrected chi connectivity index (χ3v) is 11.9. The summed E-state index contributed by atoms with van der Waals surface area (Å²) in [7, 11) is 1.44. The molecule has 0 saturated carbocycles. The number of rotatable bonds is 7. The number of amides is 2. The van der Waals surface area contributed by atoms with Crippen LogP contribution in [0.15, 0.2) is 72.5 Å². The lowest BCUT2D eigenvalue weighted by molar-refractivity contribution is -0.160.